The van der Waals surface area contributed by atoms with E-state index in [1.165, 1.54) is 0 Å². The SMILES string of the molecule is CC1(O)CC(CO)OC(CO)C1. The Morgan fingerprint density at radius 2 is 1.67 bits per heavy atom. The Morgan fingerprint density at radius 3 is 2.00 bits per heavy atom. The maximum absolute atomic E-state index is 9.68. The van der Waals surface area contributed by atoms with E-state index in [-0.39, 0.29) is 25.4 Å². The summed E-state index contributed by atoms with van der Waals surface area (Å²) in [6, 6.07) is 0. The first-order chi connectivity index (χ1) is 5.57. The van der Waals surface area contributed by atoms with Gasteiger partial charge >= 0.3 is 0 Å². The Kier molecular flexibility index (Phi) is 3.06. The Balaban J connectivity index is 2.53. The molecule has 1 rings (SSSR count). The van der Waals surface area contributed by atoms with Crippen LogP contribution in [0.5, 0.6) is 0 Å². The van der Waals surface area contributed by atoms with Gasteiger partial charge in [-0.05, 0) is 6.92 Å². The summed E-state index contributed by atoms with van der Waals surface area (Å²) in [5, 5.41) is 27.3. The van der Waals surface area contributed by atoms with Crippen LogP contribution >= 0.6 is 0 Å². The molecule has 1 aliphatic rings. The third kappa shape index (κ3) is 2.42. The minimum absolute atomic E-state index is 0.105. The van der Waals surface area contributed by atoms with Crippen LogP contribution < -0.4 is 0 Å². The van der Waals surface area contributed by atoms with Crippen LogP contribution in [0, 0.1) is 0 Å². The van der Waals surface area contributed by atoms with Crippen molar-refractivity contribution >= 4 is 0 Å². The zero-order valence-corrected chi connectivity index (χ0v) is 7.23. The van der Waals surface area contributed by atoms with Gasteiger partial charge in [-0.1, -0.05) is 0 Å². The van der Waals surface area contributed by atoms with E-state index in [0.29, 0.717) is 12.8 Å². The fourth-order valence-corrected chi connectivity index (χ4v) is 1.65. The highest BCUT2D eigenvalue weighted by atomic mass is 16.5. The average Bonchev–Trinajstić information content (AvgIpc) is 2.01. The molecule has 0 aliphatic carbocycles. The molecule has 0 bridgehead atoms. The van der Waals surface area contributed by atoms with Crippen molar-refractivity contribution in [2.45, 2.75) is 37.6 Å². The molecule has 12 heavy (non-hydrogen) atoms. The predicted molar refractivity (Wildman–Crippen MR) is 42.7 cm³/mol. The Labute approximate surface area is 71.8 Å². The van der Waals surface area contributed by atoms with Crippen molar-refractivity contribution in [3.8, 4) is 0 Å². The van der Waals surface area contributed by atoms with Crippen LogP contribution in [0.25, 0.3) is 0 Å². The lowest BCUT2D eigenvalue weighted by molar-refractivity contribution is -0.158. The van der Waals surface area contributed by atoms with E-state index >= 15 is 0 Å². The van der Waals surface area contributed by atoms with Crippen molar-refractivity contribution < 1.29 is 20.1 Å². The summed E-state index contributed by atoms with van der Waals surface area (Å²) in [7, 11) is 0. The molecular formula is C8H16O4. The van der Waals surface area contributed by atoms with Gasteiger partial charge < -0.3 is 20.1 Å². The standard InChI is InChI=1S/C8H16O4/c1-8(11)2-6(4-9)12-7(3-8)5-10/h6-7,9-11H,2-5H2,1H3. The minimum atomic E-state index is -0.820. The molecule has 0 aromatic rings. The van der Waals surface area contributed by atoms with E-state index in [1.54, 1.807) is 6.92 Å². The maximum atomic E-state index is 9.68. The highest BCUT2D eigenvalue weighted by molar-refractivity contribution is 4.85. The number of hydrogen-bond acceptors (Lipinski definition) is 4. The van der Waals surface area contributed by atoms with Crippen molar-refractivity contribution in [3.05, 3.63) is 0 Å². The van der Waals surface area contributed by atoms with Gasteiger partial charge in [0, 0.05) is 12.8 Å². The van der Waals surface area contributed by atoms with Crippen molar-refractivity contribution in [3.63, 3.8) is 0 Å². The monoisotopic (exact) mass is 176 g/mol. The van der Waals surface area contributed by atoms with Gasteiger partial charge in [0.25, 0.3) is 0 Å². The van der Waals surface area contributed by atoms with Crippen molar-refractivity contribution in [1.82, 2.24) is 0 Å². The molecule has 2 atom stereocenters. The predicted octanol–water partition coefficient (Wildman–Crippen LogP) is -0.730. The van der Waals surface area contributed by atoms with Crippen LogP contribution in [0.15, 0.2) is 0 Å². The lowest BCUT2D eigenvalue weighted by Gasteiger charge is -2.37. The maximum Gasteiger partial charge on any atom is 0.0837 e. The van der Waals surface area contributed by atoms with E-state index < -0.39 is 5.60 Å². The van der Waals surface area contributed by atoms with Gasteiger partial charge in [0.05, 0.1) is 31.0 Å². The minimum Gasteiger partial charge on any atom is -0.394 e. The molecule has 1 fully saturated rings. The molecule has 3 N–H and O–H groups in total. The summed E-state index contributed by atoms with van der Waals surface area (Å²) in [6.45, 7) is 1.49. The molecule has 0 radical (unpaired) electrons. The summed E-state index contributed by atoms with van der Waals surface area (Å²) in [5.74, 6) is 0. The first kappa shape index (κ1) is 9.92. The molecule has 1 heterocycles. The number of rotatable bonds is 2. The summed E-state index contributed by atoms with van der Waals surface area (Å²) in [6.07, 6.45) is 0.178. The fourth-order valence-electron chi connectivity index (χ4n) is 1.65. The second-order valence-electron chi connectivity index (χ2n) is 3.65. The average molecular weight is 176 g/mol. The van der Waals surface area contributed by atoms with Crippen LogP contribution in [0.4, 0.5) is 0 Å². The highest BCUT2D eigenvalue weighted by Crippen LogP contribution is 2.27. The first-order valence-corrected chi connectivity index (χ1v) is 4.17. The van der Waals surface area contributed by atoms with Gasteiger partial charge in [-0.3, -0.25) is 0 Å². The Bertz CT molecular complexity index is 132. The van der Waals surface area contributed by atoms with Gasteiger partial charge in [0.2, 0.25) is 0 Å². The molecular weight excluding hydrogens is 160 g/mol. The van der Waals surface area contributed by atoms with Crippen molar-refractivity contribution in [2.75, 3.05) is 13.2 Å². The summed E-state index contributed by atoms with van der Waals surface area (Å²) >= 11 is 0. The van der Waals surface area contributed by atoms with Crippen molar-refractivity contribution in [1.29, 1.82) is 0 Å². The topological polar surface area (TPSA) is 69.9 Å². The second kappa shape index (κ2) is 3.70. The molecule has 2 unspecified atom stereocenters. The number of aliphatic hydroxyl groups excluding tert-OH is 2. The van der Waals surface area contributed by atoms with Crippen LogP contribution in [0.3, 0.4) is 0 Å². The van der Waals surface area contributed by atoms with Gasteiger partial charge in [-0.2, -0.15) is 0 Å². The van der Waals surface area contributed by atoms with Crippen LogP contribution in [-0.2, 0) is 4.74 Å². The van der Waals surface area contributed by atoms with Gasteiger partial charge in [0.15, 0.2) is 0 Å². The Morgan fingerprint density at radius 1 is 1.25 bits per heavy atom. The molecule has 4 nitrogen and oxygen atoms in total. The second-order valence-corrected chi connectivity index (χ2v) is 3.65. The van der Waals surface area contributed by atoms with E-state index in [4.69, 9.17) is 14.9 Å². The van der Waals surface area contributed by atoms with Crippen molar-refractivity contribution in [2.24, 2.45) is 0 Å². The fraction of sp³-hybridized carbons (Fsp3) is 1.00. The quantitative estimate of drug-likeness (QED) is 0.519. The normalized spacial score (nSPS) is 43.0. The van der Waals surface area contributed by atoms with E-state index in [1.807, 2.05) is 0 Å². The third-order valence-corrected chi connectivity index (χ3v) is 2.13. The molecule has 1 aliphatic heterocycles. The smallest absolute Gasteiger partial charge is 0.0837 e. The van der Waals surface area contributed by atoms with E-state index in [0.717, 1.165) is 0 Å². The molecule has 1 saturated heterocycles. The number of ether oxygens (including phenoxy) is 1. The third-order valence-electron chi connectivity index (χ3n) is 2.13. The lowest BCUT2D eigenvalue weighted by atomic mass is 9.89. The molecule has 0 aromatic carbocycles. The van der Waals surface area contributed by atoms with E-state index in [9.17, 15) is 5.11 Å². The zero-order chi connectivity index (χ0) is 9.19. The van der Waals surface area contributed by atoms with Gasteiger partial charge in [-0.15, -0.1) is 0 Å². The van der Waals surface area contributed by atoms with Crippen LogP contribution in [0.2, 0.25) is 0 Å². The Hall–Kier alpha value is -0.160. The molecule has 0 aromatic heterocycles. The largest absolute Gasteiger partial charge is 0.394 e. The number of aliphatic hydroxyl groups is 3. The van der Waals surface area contributed by atoms with Gasteiger partial charge in [-0.25, -0.2) is 0 Å². The zero-order valence-electron chi connectivity index (χ0n) is 7.23. The summed E-state index contributed by atoms with van der Waals surface area (Å²) in [5.41, 5.74) is -0.820. The van der Waals surface area contributed by atoms with Gasteiger partial charge in [0.1, 0.15) is 0 Å². The molecule has 0 amide bonds. The molecule has 4 heteroatoms. The molecule has 0 spiro atoms. The van der Waals surface area contributed by atoms with Crippen LogP contribution in [0.1, 0.15) is 19.8 Å². The molecule has 0 saturated carbocycles. The van der Waals surface area contributed by atoms with Crippen LogP contribution in [-0.4, -0.2) is 46.3 Å². The lowest BCUT2D eigenvalue weighted by Crippen LogP contribution is -2.45. The number of hydrogen-bond donors (Lipinski definition) is 3. The highest BCUT2D eigenvalue weighted by Gasteiger charge is 2.35. The summed E-state index contributed by atoms with van der Waals surface area (Å²) < 4.78 is 5.26. The molecule has 72 valence electrons. The van der Waals surface area contributed by atoms with E-state index in [2.05, 4.69) is 0 Å². The first-order valence-electron chi connectivity index (χ1n) is 4.17. The summed E-state index contributed by atoms with van der Waals surface area (Å²) in [4.78, 5) is 0.